The largest absolute Gasteiger partial charge is 0.342 e. The fourth-order valence-electron chi connectivity index (χ4n) is 1.36. The Kier molecular flexibility index (Phi) is 5.31. The Balaban J connectivity index is 2.41. The first-order valence-electron chi connectivity index (χ1n) is 5.58. The summed E-state index contributed by atoms with van der Waals surface area (Å²) in [4.78, 5) is 25.7. The molecule has 1 heterocycles. The maximum absolute atomic E-state index is 11.7. The third-order valence-electron chi connectivity index (χ3n) is 2.76. The number of amides is 1. The molecule has 2 N–H and O–H groups in total. The van der Waals surface area contributed by atoms with Crippen molar-refractivity contribution in [2.75, 3.05) is 13.6 Å². The van der Waals surface area contributed by atoms with Crippen LogP contribution in [0.25, 0.3) is 0 Å². The van der Waals surface area contributed by atoms with Crippen LogP contribution in [0.2, 0.25) is 0 Å². The molecule has 0 bridgehead atoms. The van der Waals surface area contributed by atoms with Gasteiger partial charge in [0.15, 0.2) is 5.78 Å². The zero-order valence-corrected chi connectivity index (χ0v) is 11.0. The molecule has 4 nitrogen and oxygen atoms in total. The molecule has 5 heteroatoms. The zero-order chi connectivity index (χ0) is 12.8. The van der Waals surface area contributed by atoms with E-state index in [1.54, 1.807) is 18.0 Å². The standard InChI is InChI=1S/C12H18N2O2S/c1-9(8-13)14(2)12(16)6-5-10(15)11-4-3-7-17-11/h3-4,7,9H,5-6,8,13H2,1-2H3. The number of hydrogen-bond donors (Lipinski definition) is 1. The molecule has 0 radical (unpaired) electrons. The Morgan fingerprint density at radius 1 is 1.47 bits per heavy atom. The van der Waals surface area contributed by atoms with E-state index < -0.39 is 0 Å². The van der Waals surface area contributed by atoms with Gasteiger partial charge >= 0.3 is 0 Å². The van der Waals surface area contributed by atoms with E-state index in [-0.39, 0.29) is 30.6 Å². The Morgan fingerprint density at radius 3 is 2.71 bits per heavy atom. The highest BCUT2D eigenvalue weighted by Gasteiger charge is 2.16. The number of carbonyl (C=O) groups excluding carboxylic acids is 2. The van der Waals surface area contributed by atoms with Gasteiger partial charge in [0.1, 0.15) is 0 Å². The summed E-state index contributed by atoms with van der Waals surface area (Å²) < 4.78 is 0. The van der Waals surface area contributed by atoms with Crippen LogP contribution in [0.15, 0.2) is 17.5 Å². The minimum Gasteiger partial charge on any atom is -0.342 e. The Bertz CT molecular complexity index is 376. The van der Waals surface area contributed by atoms with Crippen LogP contribution >= 0.6 is 11.3 Å². The van der Waals surface area contributed by atoms with Gasteiger partial charge in [0, 0.05) is 32.5 Å². The third kappa shape index (κ3) is 3.94. The summed E-state index contributed by atoms with van der Waals surface area (Å²) in [6.45, 7) is 2.32. The molecule has 0 aliphatic carbocycles. The van der Waals surface area contributed by atoms with Gasteiger partial charge in [-0.25, -0.2) is 0 Å². The molecule has 0 aliphatic heterocycles. The maximum Gasteiger partial charge on any atom is 0.223 e. The van der Waals surface area contributed by atoms with Crippen LogP contribution in [0.5, 0.6) is 0 Å². The van der Waals surface area contributed by atoms with Crippen molar-refractivity contribution in [3.63, 3.8) is 0 Å². The summed E-state index contributed by atoms with van der Waals surface area (Å²) in [7, 11) is 1.72. The van der Waals surface area contributed by atoms with Gasteiger partial charge in [-0.05, 0) is 18.4 Å². The minimum absolute atomic E-state index is 0.0133. The Hall–Kier alpha value is -1.20. The van der Waals surface area contributed by atoms with Gasteiger partial charge < -0.3 is 10.6 Å². The Labute approximate surface area is 105 Å². The number of nitrogens with zero attached hydrogens (tertiary/aromatic N) is 1. The van der Waals surface area contributed by atoms with E-state index in [1.807, 2.05) is 18.4 Å². The number of hydrogen-bond acceptors (Lipinski definition) is 4. The fraction of sp³-hybridized carbons (Fsp3) is 0.500. The normalized spacial score (nSPS) is 12.2. The van der Waals surface area contributed by atoms with E-state index in [1.165, 1.54) is 11.3 Å². The first-order valence-corrected chi connectivity index (χ1v) is 6.46. The van der Waals surface area contributed by atoms with Crippen LogP contribution in [0.1, 0.15) is 29.4 Å². The van der Waals surface area contributed by atoms with Gasteiger partial charge in [0.05, 0.1) is 4.88 Å². The van der Waals surface area contributed by atoms with Crippen molar-refractivity contribution in [3.05, 3.63) is 22.4 Å². The highest BCUT2D eigenvalue weighted by atomic mass is 32.1. The molecule has 0 saturated carbocycles. The van der Waals surface area contributed by atoms with E-state index in [0.717, 1.165) is 0 Å². The zero-order valence-electron chi connectivity index (χ0n) is 10.2. The smallest absolute Gasteiger partial charge is 0.223 e. The molecule has 1 rings (SSSR count). The van der Waals surface area contributed by atoms with Crippen molar-refractivity contribution in [2.24, 2.45) is 5.73 Å². The van der Waals surface area contributed by atoms with E-state index in [0.29, 0.717) is 11.4 Å². The highest BCUT2D eigenvalue weighted by molar-refractivity contribution is 7.12. The van der Waals surface area contributed by atoms with E-state index in [9.17, 15) is 9.59 Å². The molecule has 0 spiro atoms. The van der Waals surface area contributed by atoms with Crippen molar-refractivity contribution in [1.29, 1.82) is 0 Å². The van der Waals surface area contributed by atoms with Crippen LogP contribution in [0, 0.1) is 0 Å². The van der Waals surface area contributed by atoms with Crippen LogP contribution in [0.3, 0.4) is 0 Å². The van der Waals surface area contributed by atoms with Crippen LogP contribution in [-0.2, 0) is 4.79 Å². The van der Waals surface area contributed by atoms with E-state index >= 15 is 0 Å². The summed E-state index contributed by atoms with van der Waals surface area (Å²) in [5.41, 5.74) is 5.48. The molecule has 1 aromatic heterocycles. The average Bonchev–Trinajstić information content (AvgIpc) is 2.87. The highest BCUT2D eigenvalue weighted by Crippen LogP contribution is 2.13. The quantitative estimate of drug-likeness (QED) is 0.783. The molecule has 1 amide bonds. The van der Waals surface area contributed by atoms with Crippen molar-refractivity contribution >= 4 is 23.0 Å². The second-order valence-corrected chi connectivity index (χ2v) is 4.94. The van der Waals surface area contributed by atoms with Crippen molar-refractivity contribution in [3.8, 4) is 0 Å². The minimum atomic E-state index is -0.0344. The molecule has 1 unspecified atom stereocenters. The lowest BCUT2D eigenvalue weighted by molar-refractivity contribution is -0.131. The number of carbonyl (C=O) groups is 2. The molecular weight excluding hydrogens is 236 g/mol. The summed E-state index contributed by atoms with van der Waals surface area (Å²) >= 11 is 1.41. The summed E-state index contributed by atoms with van der Waals surface area (Å²) in [5.74, 6) is -0.00462. The van der Waals surface area contributed by atoms with E-state index in [2.05, 4.69) is 0 Å². The number of rotatable bonds is 6. The van der Waals surface area contributed by atoms with Gasteiger partial charge in [-0.15, -0.1) is 11.3 Å². The van der Waals surface area contributed by atoms with Crippen molar-refractivity contribution in [2.45, 2.75) is 25.8 Å². The van der Waals surface area contributed by atoms with Gasteiger partial charge in [-0.3, -0.25) is 9.59 Å². The summed E-state index contributed by atoms with van der Waals surface area (Å²) in [6.07, 6.45) is 0.512. The molecule has 0 aromatic carbocycles. The lowest BCUT2D eigenvalue weighted by Crippen LogP contribution is -2.39. The van der Waals surface area contributed by atoms with E-state index in [4.69, 9.17) is 5.73 Å². The monoisotopic (exact) mass is 254 g/mol. The second kappa shape index (κ2) is 6.51. The molecule has 0 fully saturated rings. The first-order chi connectivity index (χ1) is 8.06. The van der Waals surface area contributed by atoms with Gasteiger partial charge in [0.25, 0.3) is 0 Å². The molecule has 17 heavy (non-hydrogen) atoms. The van der Waals surface area contributed by atoms with Crippen LogP contribution in [-0.4, -0.2) is 36.2 Å². The summed E-state index contributed by atoms with van der Waals surface area (Å²) in [6, 6.07) is 3.63. The molecule has 94 valence electrons. The lowest BCUT2D eigenvalue weighted by Gasteiger charge is -2.23. The predicted molar refractivity (Wildman–Crippen MR) is 69.2 cm³/mol. The van der Waals surface area contributed by atoms with Crippen molar-refractivity contribution < 1.29 is 9.59 Å². The second-order valence-electron chi connectivity index (χ2n) is 3.99. The average molecular weight is 254 g/mol. The lowest BCUT2D eigenvalue weighted by atomic mass is 10.1. The number of thiophene rings is 1. The van der Waals surface area contributed by atoms with Crippen LogP contribution in [0.4, 0.5) is 0 Å². The molecule has 0 saturated heterocycles. The van der Waals surface area contributed by atoms with Gasteiger partial charge in [-0.1, -0.05) is 6.07 Å². The predicted octanol–water partition coefficient (Wildman–Crippen LogP) is 1.52. The first kappa shape index (κ1) is 13.9. The van der Waals surface area contributed by atoms with Gasteiger partial charge in [0.2, 0.25) is 5.91 Å². The summed E-state index contributed by atoms with van der Waals surface area (Å²) in [5, 5.41) is 1.86. The topological polar surface area (TPSA) is 63.4 Å². The fourth-order valence-corrected chi connectivity index (χ4v) is 2.06. The third-order valence-corrected chi connectivity index (χ3v) is 3.67. The van der Waals surface area contributed by atoms with Gasteiger partial charge in [-0.2, -0.15) is 0 Å². The molecule has 0 aliphatic rings. The molecular formula is C12H18N2O2S. The molecule has 1 atom stereocenters. The number of Topliss-reactive ketones (excluding diaryl/α,β-unsaturated/α-hetero) is 1. The number of ketones is 1. The maximum atomic E-state index is 11.7. The van der Waals surface area contributed by atoms with Crippen molar-refractivity contribution in [1.82, 2.24) is 4.90 Å². The SMILES string of the molecule is CC(CN)N(C)C(=O)CCC(=O)c1cccs1. The molecule has 1 aromatic rings. The number of likely N-dealkylation sites (N-methyl/N-ethyl adjacent to an activating group) is 1. The number of nitrogens with two attached hydrogens (primary N) is 1. The Morgan fingerprint density at radius 2 is 2.18 bits per heavy atom. The van der Waals surface area contributed by atoms with Crippen LogP contribution < -0.4 is 5.73 Å².